The van der Waals surface area contributed by atoms with Crippen LogP contribution in [0.2, 0.25) is 0 Å². The number of aromatic nitrogens is 1. The van der Waals surface area contributed by atoms with Crippen LogP contribution < -0.4 is 0 Å². The number of pyridine rings is 1. The van der Waals surface area contributed by atoms with Gasteiger partial charge >= 0.3 is 5.97 Å². The van der Waals surface area contributed by atoms with E-state index in [9.17, 15) is 13.6 Å². The molecule has 0 saturated carbocycles. The number of carbonyl (C=O) groups is 1. The first-order chi connectivity index (χ1) is 7.95. The number of hydrogen-bond acceptors (Lipinski definition) is 3. The van der Waals surface area contributed by atoms with Gasteiger partial charge in [-0.15, -0.1) is 0 Å². The average molecular weight is 355 g/mol. The predicted molar refractivity (Wildman–Crippen MR) is 67.0 cm³/mol. The highest BCUT2D eigenvalue weighted by molar-refractivity contribution is 14.1. The van der Waals surface area contributed by atoms with Gasteiger partial charge in [0.15, 0.2) is 0 Å². The van der Waals surface area contributed by atoms with Gasteiger partial charge in [-0.25, -0.2) is 8.78 Å². The standard InChI is InChI=1S/C11H12F2INO2/c1-3-17-10(16)5-9-7(11(12)13)4-8(14)6(2)15-9/h4,11H,3,5H2,1-2H3. The van der Waals surface area contributed by atoms with Crippen molar-refractivity contribution in [2.45, 2.75) is 26.7 Å². The van der Waals surface area contributed by atoms with Crippen molar-refractivity contribution < 1.29 is 18.3 Å². The number of carbonyl (C=O) groups excluding carboxylic acids is 1. The van der Waals surface area contributed by atoms with Crippen LogP contribution in [0, 0.1) is 10.5 Å². The Morgan fingerprint density at radius 2 is 2.24 bits per heavy atom. The highest BCUT2D eigenvalue weighted by Gasteiger charge is 2.19. The smallest absolute Gasteiger partial charge is 0.311 e. The third-order valence-electron chi connectivity index (χ3n) is 2.12. The van der Waals surface area contributed by atoms with Gasteiger partial charge in [0.05, 0.1) is 24.4 Å². The third-order valence-corrected chi connectivity index (χ3v) is 3.21. The quantitative estimate of drug-likeness (QED) is 0.616. The van der Waals surface area contributed by atoms with E-state index in [0.29, 0.717) is 9.26 Å². The zero-order valence-corrected chi connectivity index (χ0v) is 11.6. The van der Waals surface area contributed by atoms with Crippen LogP contribution in [0.3, 0.4) is 0 Å². The second-order valence-corrected chi connectivity index (χ2v) is 4.54. The second-order valence-electron chi connectivity index (χ2n) is 3.37. The van der Waals surface area contributed by atoms with Gasteiger partial charge < -0.3 is 4.74 Å². The summed E-state index contributed by atoms with van der Waals surface area (Å²) in [4.78, 5) is 15.3. The molecule has 0 N–H and O–H groups in total. The van der Waals surface area contributed by atoms with E-state index < -0.39 is 12.4 Å². The lowest BCUT2D eigenvalue weighted by Gasteiger charge is -2.10. The summed E-state index contributed by atoms with van der Waals surface area (Å²) in [7, 11) is 0. The number of ether oxygens (including phenoxy) is 1. The number of esters is 1. The maximum absolute atomic E-state index is 12.8. The molecule has 1 rings (SSSR count). The van der Waals surface area contributed by atoms with Gasteiger partial charge in [0.25, 0.3) is 6.43 Å². The molecule has 1 aromatic heterocycles. The van der Waals surface area contributed by atoms with E-state index in [2.05, 4.69) is 4.98 Å². The molecule has 0 aliphatic rings. The number of aryl methyl sites for hydroxylation is 1. The van der Waals surface area contributed by atoms with Crippen molar-refractivity contribution in [1.29, 1.82) is 0 Å². The summed E-state index contributed by atoms with van der Waals surface area (Å²) in [5.74, 6) is -0.539. The van der Waals surface area contributed by atoms with E-state index in [4.69, 9.17) is 4.74 Å². The van der Waals surface area contributed by atoms with Gasteiger partial charge in [0, 0.05) is 9.13 Å². The van der Waals surface area contributed by atoms with Crippen molar-refractivity contribution >= 4 is 28.6 Å². The third kappa shape index (κ3) is 3.86. The van der Waals surface area contributed by atoms with Crippen LogP contribution in [-0.4, -0.2) is 17.6 Å². The van der Waals surface area contributed by atoms with Gasteiger partial charge in [-0.2, -0.15) is 0 Å². The van der Waals surface area contributed by atoms with Crippen molar-refractivity contribution in [1.82, 2.24) is 4.98 Å². The number of rotatable bonds is 4. The molecule has 0 radical (unpaired) electrons. The van der Waals surface area contributed by atoms with Crippen LogP contribution in [0.15, 0.2) is 6.07 Å². The monoisotopic (exact) mass is 355 g/mol. The Labute approximate surface area is 112 Å². The van der Waals surface area contributed by atoms with Gasteiger partial charge in [0.2, 0.25) is 0 Å². The predicted octanol–water partition coefficient (Wildman–Crippen LogP) is 3.04. The maximum Gasteiger partial charge on any atom is 0.311 e. The van der Waals surface area contributed by atoms with Crippen LogP contribution in [0.25, 0.3) is 0 Å². The minimum Gasteiger partial charge on any atom is -0.466 e. The minimum absolute atomic E-state index is 0.0939. The molecule has 1 heterocycles. The van der Waals surface area contributed by atoms with E-state index in [1.807, 2.05) is 22.6 Å². The number of hydrogen-bond donors (Lipinski definition) is 0. The molecule has 0 spiro atoms. The summed E-state index contributed by atoms with van der Waals surface area (Å²) in [6, 6.07) is 1.36. The molecule has 94 valence electrons. The SMILES string of the molecule is CCOC(=O)Cc1nc(C)c(I)cc1C(F)F. The summed E-state index contributed by atoms with van der Waals surface area (Å²) in [6.07, 6.45) is -2.85. The van der Waals surface area contributed by atoms with E-state index in [1.165, 1.54) is 6.07 Å². The van der Waals surface area contributed by atoms with Crippen LogP contribution in [0.5, 0.6) is 0 Å². The molecule has 17 heavy (non-hydrogen) atoms. The molecule has 0 bridgehead atoms. The van der Waals surface area contributed by atoms with Crippen LogP contribution in [0.1, 0.15) is 30.3 Å². The Bertz CT molecular complexity index is 424. The average Bonchev–Trinajstić information content (AvgIpc) is 2.23. The van der Waals surface area contributed by atoms with Gasteiger partial charge in [-0.05, 0) is 42.5 Å². The molecule has 0 amide bonds. The van der Waals surface area contributed by atoms with Crippen molar-refractivity contribution in [3.8, 4) is 0 Å². The van der Waals surface area contributed by atoms with E-state index in [0.717, 1.165) is 0 Å². The lowest BCUT2D eigenvalue weighted by Crippen LogP contribution is -2.12. The summed E-state index contributed by atoms with van der Waals surface area (Å²) >= 11 is 1.94. The molecule has 0 aliphatic carbocycles. The van der Waals surface area contributed by atoms with Crippen LogP contribution in [-0.2, 0) is 16.0 Å². The zero-order valence-electron chi connectivity index (χ0n) is 9.47. The molecule has 0 aliphatic heterocycles. The molecule has 0 aromatic carbocycles. The molecule has 0 saturated heterocycles. The Balaban J connectivity index is 3.04. The Morgan fingerprint density at radius 1 is 1.59 bits per heavy atom. The zero-order chi connectivity index (χ0) is 13.0. The Kier molecular flexibility index (Phi) is 5.23. The molecule has 0 fully saturated rings. The van der Waals surface area contributed by atoms with Crippen LogP contribution >= 0.6 is 22.6 Å². The summed E-state index contributed by atoms with van der Waals surface area (Å²) in [6.45, 7) is 3.61. The highest BCUT2D eigenvalue weighted by Crippen LogP contribution is 2.25. The summed E-state index contributed by atoms with van der Waals surface area (Å²) in [5.41, 5.74) is 0.527. The first-order valence-corrected chi connectivity index (χ1v) is 6.13. The summed E-state index contributed by atoms with van der Waals surface area (Å²) < 4.78 is 30.9. The van der Waals surface area contributed by atoms with Crippen molar-refractivity contribution in [2.75, 3.05) is 6.61 Å². The molecular weight excluding hydrogens is 343 g/mol. The lowest BCUT2D eigenvalue weighted by molar-refractivity contribution is -0.142. The topological polar surface area (TPSA) is 39.2 Å². The molecule has 3 nitrogen and oxygen atoms in total. The summed E-state index contributed by atoms with van der Waals surface area (Å²) in [5, 5.41) is 0. The Hall–Kier alpha value is -0.790. The molecular formula is C11H12F2INO2. The number of alkyl halides is 2. The van der Waals surface area contributed by atoms with Crippen molar-refractivity contribution in [2.24, 2.45) is 0 Å². The largest absolute Gasteiger partial charge is 0.466 e. The van der Waals surface area contributed by atoms with E-state index >= 15 is 0 Å². The van der Waals surface area contributed by atoms with Gasteiger partial charge in [0.1, 0.15) is 0 Å². The maximum atomic E-state index is 12.8. The second kappa shape index (κ2) is 6.23. The van der Waals surface area contributed by atoms with Crippen LogP contribution in [0.4, 0.5) is 8.78 Å². The van der Waals surface area contributed by atoms with Gasteiger partial charge in [-0.3, -0.25) is 9.78 Å². The Morgan fingerprint density at radius 3 is 2.76 bits per heavy atom. The molecule has 6 heteroatoms. The van der Waals surface area contributed by atoms with E-state index in [-0.39, 0.29) is 24.3 Å². The number of halogens is 3. The normalized spacial score (nSPS) is 10.7. The fourth-order valence-electron chi connectivity index (χ4n) is 1.32. The van der Waals surface area contributed by atoms with Gasteiger partial charge in [-0.1, -0.05) is 0 Å². The van der Waals surface area contributed by atoms with Crippen molar-refractivity contribution in [3.05, 3.63) is 26.6 Å². The minimum atomic E-state index is -2.64. The molecule has 0 atom stereocenters. The number of nitrogens with zero attached hydrogens (tertiary/aromatic N) is 1. The van der Waals surface area contributed by atoms with E-state index in [1.54, 1.807) is 13.8 Å². The highest BCUT2D eigenvalue weighted by atomic mass is 127. The fraction of sp³-hybridized carbons (Fsp3) is 0.455. The molecule has 0 unspecified atom stereocenters. The first kappa shape index (κ1) is 14.3. The van der Waals surface area contributed by atoms with Crippen molar-refractivity contribution in [3.63, 3.8) is 0 Å². The lowest BCUT2D eigenvalue weighted by atomic mass is 10.1. The molecule has 1 aromatic rings. The fourth-order valence-corrected chi connectivity index (χ4v) is 1.78. The first-order valence-electron chi connectivity index (χ1n) is 5.05.